The van der Waals surface area contributed by atoms with Crippen molar-refractivity contribution in [3.63, 3.8) is 0 Å². The van der Waals surface area contributed by atoms with Gasteiger partial charge in [-0.15, -0.1) is 11.3 Å². The Morgan fingerprint density at radius 1 is 1.12 bits per heavy atom. The van der Waals surface area contributed by atoms with Crippen molar-refractivity contribution in [3.8, 4) is 17.3 Å². The first-order valence-electron chi connectivity index (χ1n) is 8.78. The number of rotatable bonds is 3. The average Bonchev–Trinajstić information content (AvgIpc) is 3.00. The Balaban J connectivity index is 2.19. The minimum atomic E-state index is 0.206. The Morgan fingerprint density at radius 3 is 2.33 bits per heavy atom. The molecule has 126 valence electrons. The van der Waals surface area contributed by atoms with Crippen LogP contribution in [-0.2, 0) is 23.7 Å². The van der Waals surface area contributed by atoms with Gasteiger partial charge in [-0.3, -0.25) is 0 Å². The van der Waals surface area contributed by atoms with Crippen LogP contribution in [0.1, 0.15) is 69.2 Å². The van der Waals surface area contributed by atoms with E-state index < -0.39 is 0 Å². The van der Waals surface area contributed by atoms with Crippen molar-refractivity contribution in [2.45, 2.75) is 71.1 Å². The van der Waals surface area contributed by atoms with Gasteiger partial charge in [0, 0.05) is 10.9 Å². The summed E-state index contributed by atoms with van der Waals surface area (Å²) in [5.41, 5.74) is 7.08. The molecular weight excluding hydrogens is 312 g/mol. The second kappa shape index (κ2) is 6.01. The van der Waals surface area contributed by atoms with E-state index in [0.29, 0.717) is 6.42 Å². The molecule has 1 aromatic carbocycles. The third-order valence-corrected chi connectivity index (χ3v) is 6.36. The summed E-state index contributed by atoms with van der Waals surface area (Å²) in [6, 6.07) is 7.01. The first-order valence-corrected chi connectivity index (χ1v) is 9.66. The van der Waals surface area contributed by atoms with Gasteiger partial charge in [0.2, 0.25) is 0 Å². The van der Waals surface area contributed by atoms with Crippen molar-refractivity contribution in [2.75, 3.05) is 0 Å². The summed E-state index contributed by atoms with van der Waals surface area (Å²) in [5.74, 6) is 0. The number of fused-ring (bicyclic) bond motifs is 1. The largest absolute Gasteiger partial charge is 0.240 e. The van der Waals surface area contributed by atoms with Crippen molar-refractivity contribution < 1.29 is 0 Å². The van der Waals surface area contributed by atoms with E-state index in [2.05, 4.69) is 58.2 Å². The Kier molecular flexibility index (Phi) is 4.30. The van der Waals surface area contributed by atoms with Crippen LogP contribution in [0.5, 0.6) is 0 Å². The number of benzene rings is 1. The third-order valence-electron chi connectivity index (χ3n) is 5.52. The van der Waals surface area contributed by atoms with Crippen LogP contribution in [0.3, 0.4) is 0 Å². The second-order valence-electron chi connectivity index (χ2n) is 8.14. The molecule has 0 saturated heterocycles. The summed E-state index contributed by atoms with van der Waals surface area (Å²) < 4.78 is 0. The lowest BCUT2D eigenvalue weighted by Crippen LogP contribution is -2.34. The van der Waals surface area contributed by atoms with Crippen LogP contribution in [-0.4, -0.2) is 4.98 Å². The van der Waals surface area contributed by atoms with Crippen molar-refractivity contribution in [1.29, 1.82) is 5.26 Å². The normalized spacial score (nSPS) is 18.0. The Labute approximate surface area is 149 Å². The van der Waals surface area contributed by atoms with Crippen molar-refractivity contribution in [1.82, 2.24) is 4.98 Å². The molecule has 0 bridgehead atoms. The van der Waals surface area contributed by atoms with Gasteiger partial charge < -0.3 is 0 Å². The Hall–Kier alpha value is -1.66. The predicted octanol–water partition coefficient (Wildman–Crippen LogP) is 5.79. The highest BCUT2D eigenvalue weighted by molar-refractivity contribution is 7.10. The van der Waals surface area contributed by atoms with E-state index in [1.54, 1.807) is 11.3 Å². The number of hydrogen-bond acceptors (Lipinski definition) is 3. The number of nitriles is 1. The van der Waals surface area contributed by atoms with Gasteiger partial charge in [0.15, 0.2) is 0 Å². The monoisotopic (exact) mass is 338 g/mol. The van der Waals surface area contributed by atoms with Gasteiger partial charge in [0.25, 0.3) is 0 Å². The fraction of sp³-hybridized carbons (Fsp3) is 0.524. The molecule has 0 spiro atoms. The minimum absolute atomic E-state index is 0.206. The van der Waals surface area contributed by atoms with Crippen molar-refractivity contribution >= 4 is 11.3 Å². The number of nitrogens with zero attached hydrogens (tertiary/aromatic N) is 2. The molecule has 24 heavy (non-hydrogen) atoms. The van der Waals surface area contributed by atoms with E-state index in [-0.39, 0.29) is 10.8 Å². The SMILES string of the molecule is CCc1cc2c(cc1-c1csc(CC#N)n1)C(C)(C)CCC2(C)C. The van der Waals surface area contributed by atoms with Crippen LogP contribution in [0.4, 0.5) is 0 Å². The van der Waals surface area contributed by atoms with Crippen LogP contribution in [0.2, 0.25) is 0 Å². The van der Waals surface area contributed by atoms with Crippen LogP contribution in [0, 0.1) is 11.3 Å². The number of hydrogen-bond donors (Lipinski definition) is 0. The fourth-order valence-corrected chi connectivity index (χ4v) is 4.50. The fourth-order valence-electron chi connectivity index (χ4n) is 3.77. The molecule has 0 saturated carbocycles. The zero-order chi connectivity index (χ0) is 17.5. The predicted molar refractivity (Wildman–Crippen MR) is 102 cm³/mol. The summed E-state index contributed by atoms with van der Waals surface area (Å²) in [7, 11) is 0. The molecule has 2 nitrogen and oxygen atoms in total. The Morgan fingerprint density at radius 2 is 1.75 bits per heavy atom. The maximum Gasteiger partial charge on any atom is 0.107 e. The van der Waals surface area contributed by atoms with Crippen LogP contribution >= 0.6 is 11.3 Å². The molecule has 0 radical (unpaired) electrons. The minimum Gasteiger partial charge on any atom is -0.240 e. The first kappa shape index (κ1) is 17.2. The molecule has 0 N–H and O–H groups in total. The van der Waals surface area contributed by atoms with Crippen molar-refractivity contribution in [2.24, 2.45) is 0 Å². The maximum atomic E-state index is 8.90. The van der Waals surface area contributed by atoms with Gasteiger partial charge in [-0.25, -0.2) is 4.98 Å². The Bertz CT molecular complexity index is 806. The lowest BCUT2D eigenvalue weighted by atomic mass is 9.62. The molecule has 0 fully saturated rings. The van der Waals surface area contributed by atoms with Crippen LogP contribution in [0.15, 0.2) is 17.5 Å². The number of aryl methyl sites for hydroxylation is 1. The van der Waals surface area contributed by atoms with Crippen molar-refractivity contribution in [3.05, 3.63) is 39.2 Å². The molecular formula is C21H26N2S. The van der Waals surface area contributed by atoms with Crippen LogP contribution in [0.25, 0.3) is 11.3 Å². The zero-order valence-electron chi connectivity index (χ0n) is 15.4. The molecule has 1 aliphatic carbocycles. The topological polar surface area (TPSA) is 36.7 Å². The van der Waals surface area contributed by atoms with E-state index >= 15 is 0 Å². The molecule has 0 amide bonds. The van der Waals surface area contributed by atoms with E-state index in [9.17, 15) is 0 Å². The highest BCUT2D eigenvalue weighted by Gasteiger charge is 2.37. The average molecular weight is 339 g/mol. The second-order valence-corrected chi connectivity index (χ2v) is 9.08. The van der Waals surface area contributed by atoms with Crippen LogP contribution < -0.4 is 0 Å². The summed E-state index contributed by atoms with van der Waals surface area (Å²) >= 11 is 1.59. The van der Waals surface area contributed by atoms with Gasteiger partial charge in [0.1, 0.15) is 5.01 Å². The standard InChI is InChI=1S/C21H26N2S/c1-6-14-11-16-17(21(4,5)9-8-20(16,2)3)12-15(14)18-13-24-19(23-18)7-10-22/h11-13H,6-9H2,1-5H3. The van der Waals surface area contributed by atoms with E-state index in [1.165, 1.54) is 35.1 Å². The molecule has 1 heterocycles. The maximum absolute atomic E-state index is 8.90. The highest BCUT2D eigenvalue weighted by Crippen LogP contribution is 2.47. The summed E-state index contributed by atoms with van der Waals surface area (Å²) in [6.45, 7) is 11.7. The van der Waals surface area contributed by atoms with Gasteiger partial charge in [-0.05, 0) is 52.8 Å². The summed E-state index contributed by atoms with van der Waals surface area (Å²) in [6.07, 6.45) is 3.85. The molecule has 1 aromatic heterocycles. The molecule has 3 heteroatoms. The zero-order valence-corrected chi connectivity index (χ0v) is 16.2. The van der Waals surface area contributed by atoms with E-state index in [4.69, 9.17) is 10.2 Å². The van der Waals surface area contributed by atoms with Gasteiger partial charge >= 0.3 is 0 Å². The van der Waals surface area contributed by atoms with Gasteiger partial charge in [-0.2, -0.15) is 5.26 Å². The lowest BCUT2D eigenvalue weighted by molar-refractivity contribution is 0.331. The quantitative estimate of drug-likeness (QED) is 0.710. The van der Waals surface area contributed by atoms with E-state index in [1.807, 2.05) is 0 Å². The summed E-state index contributed by atoms with van der Waals surface area (Å²) in [5, 5.41) is 11.9. The summed E-state index contributed by atoms with van der Waals surface area (Å²) in [4.78, 5) is 4.71. The number of thiazole rings is 1. The lowest BCUT2D eigenvalue weighted by Gasteiger charge is -2.42. The molecule has 1 aliphatic rings. The number of aromatic nitrogens is 1. The molecule has 0 unspecified atom stereocenters. The first-order chi connectivity index (χ1) is 11.3. The highest BCUT2D eigenvalue weighted by atomic mass is 32.1. The molecule has 0 atom stereocenters. The molecule has 3 rings (SSSR count). The van der Waals surface area contributed by atoms with Gasteiger partial charge in [0.05, 0.1) is 18.2 Å². The smallest absolute Gasteiger partial charge is 0.107 e. The molecule has 0 aliphatic heterocycles. The third kappa shape index (κ3) is 2.89. The molecule has 2 aromatic rings. The van der Waals surface area contributed by atoms with E-state index in [0.717, 1.165) is 17.1 Å². The van der Waals surface area contributed by atoms with Gasteiger partial charge in [-0.1, -0.05) is 40.7 Å².